The molecule has 1 fully saturated rings. The van der Waals surface area contributed by atoms with Gasteiger partial charge < -0.3 is 15.8 Å². The fourth-order valence-electron chi connectivity index (χ4n) is 2.18. The predicted octanol–water partition coefficient (Wildman–Crippen LogP) is -0.718. The third-order valence-corrected chi connectivity index (χ3v) is 5.60. The number of hydrogen-bond acceptors (Lipinski definition) is 5. The number of nitrogens with zero attached hydrogens (tertiary/aromatic N) is 1. The SMILES string of the molecule is CCN(CC)S(=O)(=O)CCNC(=O)C1(N)CCOCC1. The van der Waals surface area contributed by atoms with Crippen LogP contribution in [0.4, 0.5) is 0 Å². The number of nitrogens with two attached hydrogens (primary N) is 1. The van der Waals surface area contributed by atoms with Gasteiger partial charge in [0, 0.05) is 32.8 Å². The number of carbonyl (C=O) groups is 1. The van der Waals surface area contributed by atoms with Crippen molar-refractivity contribution in [2.24, 2.45) is 5.73 Å². The molecule has 0 unspecified atom stereocenters. The molecule has 0 radical (unpaired) electrons. The van der Waals surface area contributed by atoms with Crippen LogP contribution in [0, 0.1) is 0 Å². The van der Waals surface area contributed by atoms with Crippen molar-refractivity contribution in [2.45, 2.75) is 32.2 Å². The summed E-state index contributed by atoms with van der Waals surface area (Å²) < 4.78 is 30.5. The lowest BCUT2D eigenvalue weighted by molar-refractivity contribution is -0.129. The summed E-state index contributed by atoms with van der Waals surface area (Å²) in [5, 5.41) is 2.63. The van der Waals surface area contributed by atoms with Gasteiger partial charge in [0.15, 0.2) is 0 Å². The zero-order valence-electron chi connectivity index (χ0n) is 12.2. The molecule has 1 saturated heterocycles. The van der Waals surface area contributed by atoms with Crippen molar-refractivity contribution in [3.63, 3.8) is 0 Å². The molecule has 7 nitrogen and oxygen atoms in total. The van der Waals surface area contributed by atoms with Gasteiger partial charge in [0.05, 0.1) is 11.3 Å². The van der Waals surface area contributed by atoms with Crippen molar-refractivity contribution < 1.29 is 17.9 Å². The van der Waals surface area contributed by atoms with E-state index < -0.39 is 15.6 Å². The number of nitrogens with one attached hydrogen (secondary N) is 1. The van der Waals surface area contributed by atoms with Crippen LogP contribution in [0.1, 0.15) is 26.7 Å². The second-order valence-corrected chi connectivity index (χ2v) is 7.01. The van der Waals surface area contributed by atoms with Crippen LogP contribution in [-0.4, -0.2) is 62.8 Å². The highest BCUT2D eigenvalue weighted by Crippen LogP contribution is 2.17. The van der Waals surface area contributed by atoms with Gasteiger partial charge >= 0.3 is 0 Å². The van der Waals surface area contributed by atoms with Gasteiger partial charge in [0.1, 0.15) is 0 Å². The van der Waals surface area contributed by atoms with Crippen molar-refractivity contribution in [1.82, 2.24) is 9.62 Å². The van der Waals surface area contributed by atoms with E-state index in [0.717, 1.165) is 0 Å². The molecule has 0 saturated carbocycles. The van der Waals surface area contributed by atoms with E-state index in [0.29, 0.717) is 39.1 Å². The van der Waals surface area contributed by atoms with Gasteiger partial charge in [0.2, 0.25) is 15.9 Å². The van der Waals surface area contributed by atoms with E-state index in [1.807, 2.05) is 0 Å². The molecule has 118 valence electrons. The second kappa shape index (κ2) is 7.35. The fraction of sp³-hybridized carbons (Fsp3) is 0.917. The minimum atomic E-state index is -3.32. The molecule has 0 aromatic heterocycles. The quantitative estimate of drug-likeness (QED) is 0.646. The number of carbonyl (C=O) groups excluding carboxylic acids is 1. The zero-order chi connectivity index (χ0) is 15.2. The Morgan fingerprint density at radius 3 is 2.35 bits per heavy atom. The van der Waals surface area contributed by atoms with Crippen LogP contribution in [0.2, 0.25) is 0 Å². The van der Waals surface area contributed by atoms with Gasteiger partial charge in [0.25, 0.3) is 0 Å². The first kappa shape index (κ1) is 17.4. The van der Waals surface area contributed by atoms with E-state index in [-0.39, 0.29) is 18.2 Å². The van der Waals surface area contributed by atoms with Crippen LogP contribution in [0.3, 0.4) is 0 Å². The van der Waals surface area contributed by atoms with Crippen molar-refractivity contribution in [2.75, 3.05) is 38.6 Å². The van der Waals surface area contributed by atoms with E-state index in [1.54, 1.807) is 13.8 Å². The van der Waals surface area contributed by atoms with Gasteiger partial charge in [-0.25, -0.2) is 12.7 Å². The van der Waals surface area contributed by atoms with Crippen LogP contribution in [0.15, 0.2) is 0 Å². The average Bonchev–Trinajstić information content (AvgIpc) is 2.40. The topological polar surface area (TPSA) is 102 Å². The molecule has 0 spiro atoms. The minimum Gasteiger partial charge on any atom is -0.381 e. The zero-order valence-corrected chi connectivity index (χ0v) is 13.0. The third kappa shape index (κ3) is 4.41. The summed E-state index contributed by atoms with van der Waals surface area (Å²) in [6.07, 6.45) is 0.920. The smallest absolute Gasteiger partial charge is 0.240 e. The van der Waals surface area contributed by atoms with E-state index in [9.17, 15) is 13.2 Å². The van der Waals surface area contributed by atoms with Crippen molar-refractivity contribution in [3.05, 3.63) is 0 Å². The lowest BCUT2D eigenvalue weighted by Crippen LogP contribution is -2.57. The van der Waals surface area contributed by atoms with Gasteiger partial charge in [-0.1, -0.05) is 13.8 Å². The van der Waals surface area contributed by atoms with E-state index in [1.165, 1.54) is 4.31 Å². The Kier molecular flexibility index (Phi) is 6.38. The molecule has 1 aliphatic rings. The van der Waals surface area contributed by atoms with Gasteiger partial charge in [-0.05, 0) is 12.8 Å². The Labute approximate surface area is 120 Å². The molecular formula is C12H25N3O4S. The maximum absolute atomic E-state index is 12.0. The lowest BCUT2D eigenvalue weighted by Gasteiger charge is -2.31. The maximum atomic E-state index is 12.0. The molecule has 0 aromatic carbocycles. The van der Waals surface area contributed by atoms with Crippen LogP contribution < -0.4 is 11.1 Å². The summed E-state index contributed by atoms with van der Waals surface area (Å²) in [5.41, 5.74) is 5.08. The Morgan fingerprint density at radius 1 is 1.30 bits per heavy atom. The molecular weight excluding hydrogens is 282 g/mol. The first-order valence-electron chi connectivity index (χ1n) is 6.98. The van der Waals surface area contributed by atoms with Crippen LogP contribution >= 0.6 is 0 Å². The average molecular weight is 307 g/mol. The van der Waals surface area contributed by atoms with Gasteiger partial charge in [-0.15, -0.1) is 0 Å². The normalized spacial score (nSPS) is 19.0. The second-order valence-electron chi connectivity index (χ2n) is 4.92. The predicted molar refractivity (Wildman–Crippen MR) is 76.7 cm³/mol. The summed E-state index contributed by atoms with van der Waals surface area (Å²) in [7, 11) is -3.32. The number of hydrogen-bond donors (Lipinski definition) is 2. The highest BCUT2D eigenvalue weighted by molar-refractivity contribution is 7.89. The third-order valence-electron chi connectivity index (χ3n) is 3.58. The Balaban J connectivity index is 2.45. The minimum absolute atomic E-state index is 0.0808. The molecule has 20 heavy (non-hydrogen) atoms. The molecule has 1 rings (SSSR count). The van der Waals surface area contributed by atoms with E-state index in [4.69, 9.17) is 10.5 Å². The summed E-state index contributed by atoms with van der Waals surface area (Å²) >= 11 is 0. The van der Waals surface area contributed by atoms with E-state index >= 15 is 0 Å². The van der Waals surface area contributed by atoms with Crippen molar-refractivity contribution >= 4 is 15.9 Å². The molecule has 0 bridgehead atoms. The first-order chi connectivity index (χ1) is 9.35. The molecule has 0 atom stereocenters. The van der Waals surface area contributed by atoms with Crippen LogP contribution in [0.25, 0.3) is 0 Å². The standard InChI is InChI=1S/C12H25N3O4S/c1-3-15(4-2)20(17,18)10-7-14-11(16)12(13)5-8-19-9-6-12/h3-10,13H2,1-2H3,(H,14,16). The first-order valence-corrected chi connectivity index (χ1v) is 8.59. The summed E-state index contributed by atoms with van der Waals surface area (Å²) in [4.78, 5) is 12.0. The van der Waals surface area contributed by atoms with Crippen LogP contribution in [0.5, 0.6) is 0 Å². The highest BCUT2D eigenvalue weighted by atomic mass is 32.2. The molecule has 1 heterocycles. The van der Waals surface area contributed by atoms with E-state index in [2.05, 4.69) is 5.32 Å². The molecule has 8 heteroatoms. The Hall–Kier alpha value is -0.700. The number of rotatable bonds is 7. The summed E-state index contributed by atoms with van der Waals surface area (Å²) in [6.45, 7) is 5.45. The molecule has 1 amide bonds. The van der Waals surface area contributed by atoms with Crippen molar-refractivity contribution in [3.8, 4) is 0 Å². The molecule has 1 aliphatic heterocycles. The highest BCUT2D eigenvalue weighted by Gasteiger charge is 2.35. The Morgan fingerprint density at radius 2 is 1.85 bits per heavy atom. The largest absolute Gasteiger partial charge is 0.381 e. The molecule has 0 aromatic rings. The van der Waals surface area contributed by atoms with Gasteiger partial charge in [-0.2, -0.15) is 0 Å². The Bertz CT molecular complexity index is 414. The molecule has 3 N–H and O–H groups in total. The maximum Gasteiger partial charge on any atom is 0.240 e. The monoisotopic (exact) mass is 307 g/mol. The molecule has 0 aliphatic carbocycles. The number of sulfonamides is 1. The summed E-state index contributed by atoms with van der Waals surface area (Å²) in [6, 6.07) is 0. The van der Waals surface area contributed by atoms with Crippen LogP contribution in [-0.2, 0) is 19.6 Å². The lowest BCUT2D eigenvalue weighted by atomic mass is 9.90. The van der Waals surface area contributed by atoms with Crippen molar-refractivity contribution in [1.29, 1.82) is 0 Å². The van der Waals surface area contributed by atoms with Gasteiger partial charge in [-0.3, -0.25) is 4.79 Å². The summed E-state index contributed by atoms with van der Waals surface area (Å²) in [5.74, 6) is -0.400. The number of ether oxygens (including phenoxy) is 1. The fourth-order valence-corrected chi connectivity index (χ4v) is 3.58. The number of amides is 1.